The van der Waals surface area contributed by atoms with Gasteiger partial charge in [-0.3, -0.25) is 9.59 Å². The van der Waals surface area contributed by atoms with Gasteiger partial charge in [-0.2, -0.15) is 0 Å². The minimum absolute atomic E-state index is 0.106. The van der Waals surface area contributed by atoms with Crippen LogP contribution in [0.1, 0.15) is 131 Å². The van der Waals surface area contributed by atoms with E-state index in [0.29, 0.717) is 42.3 Å². The number of carboxylic acids is 1. The standard InChI is InChI=1S/C35H60O4Si/c1-32(2,3)40(7,8)39-21-13-11-9-10-12-14-25-22-26-23-27(36)15-19-34(26,5)28-17-20-35(6)29(31(25)28)16-18-33(35,4)24-30(37)38/h23,25,28-29,31H,9-22,24H2,1-8H3,(H,37,38)/t25-,28+,29+,31-,33-,34+,35+/m1/s1. The number of ketones is 1. The lowest BCUT2D eigenvalue weighted by atomic mass is 9.43. The Morgan fingerprint density at radius 2 is 1.65 bits per heavy atom. The summed E-state index contributed by atoms with van der Waals surface area (Å²) in [7, 11) is -1.64. The van der Waals surface area contributed by atoms with Crippen molar-refractivity contribution in [3.05, 3.63) is 11.6 Å². The number of aliphatic carboxylic acids is 1. The van der Waals surface area contributed by atoms with Crippen LogP contribution >= 0.6 is 0 Å². The highest BCUT2D eigenvalue weighted by atomic mass is 28.4. The van der Waals surface area contributed by atoms with Gasteiger partial charge >= 0.3 is 5.97 Å². The topological polar surface area (TPSA) is 63.6 Å². The van der Waals surface area contributed by atoms with Crippen molar-refractivity contribution in [1.29, 1.82) is 0 Å². The predicted molar refractivity (Wildman–Crippen MR) is 167 cm³/mol. The highest BCUT2D eigenvalue weighted by Gasteiger charge is 2.64. The van der Waals surface area contributed by atoms with E-state index >= 15 is 0 Å². The molecule has 3 fully saturated rings. The fourth-order valence-electron chi connectivity index (χ4n) is 9.57. The van der Waals surface area contributed by atoms with E-state index in [-0.39, 0.29) is 21.3 Å². The maximum Gasteiger partial charge on any atom is 0.303 e. The molecule has 1 N–H and O–H groups in total. The van der Waals surface area contributed by atoms with Crippen LogP contribution in [0.3, 0.4) is 0 Å². The number of carbonyl (C=O) groups is 2. The quantitative estimate of drug-likeness (QED) is 0.198. The minimum atomic E-state index is -1.64. The van der Waals surface area contributed by atoms with Crippen molar-refractivity contribution < 1.29 is 19.1 Å². The average molecular weight is 573 g/mol. The second kappa shape index (κ2) is 11.6. The first-order valence-corrected chi connectivity index (χ1v) is 19.5. The first-order chi connectivity index (χ1) is 18.5. The number of fused-ring (bicyclic) bond motifs is 5. The van der Waals surface area contributed by atoms with Gasteiger partial charge in [0.2, 0.25) is 0 Å². The van der Waals surface area contributed by atoms with Gasteiger partial charge in [0.05, 0.1) is 6.42 Å². The van der Waals surface area contributed by atoms with Crippen LogP contribution in [0.25, 0.3) is 0 Å². The van der Waals surface area contributed by atoms with E-state index < -0.39 is 14.3 Å². The molecule has 5 heteroatoms. The maximum atomic E-state index is 12.5. The zero-order valence-corrected chi connectivity index (χ0v) is 28.2. The first-order valence-electron chi connectivity index (χ1n) is 16.6. The fourth-order valence-corrected chi connectivity index (χ4v) is 10.7. The van der Waals surface area contributed by atoms with Crippen LogP contribution in [0.5, 0.6) is 0 Å². The highest BCUT2D eigenvalue weighted by Crippen LogP contribution is 2.71. The summed E-state index contributed by atoms with van der Waals surface area (Å²) in [5.74, 6) is 2.26. The molecule has 0 spiro atoms. The molecule has 3 saturated carbocycles. The molecule has 0 aromatic heterocycles. The number of allylic oxidation sites excluding steroid dienone is 1. The lowest BCUT2D eigenvalue weighted by Gasteiger charge is -2.62. The van der Waals surface area contributed by atoms with E-state index in [4.69, 9.17) is 4.43 Å². The van der Waals surface area contributed by atoms with Crippen LogP contribution in [-0.4, -0.2) is 31.8 Å². The fraction of sp³-hybridized carbons (Fsp3) is 0.886. The Morgan fingerprint density at radius 1 is 1.00 bits per heavy atom. The van der Waals surface area contributed by atoms with E-state index in [1.807, 2.05) is 6.08 Å². The summed E-state index contributed by atoms with van der Waals surface area (Å²) in [6, 6.07) is 0. The van der Waals surface area contributed by atoms with Gasteiger partial charge in [0, 0.05) is 13.0 Å². The summed E-state index contributed by atoms with van der Waals surface area (Å²) in [5.41, 5.74) is 1.61. The summed E-state index contributed by atoms with van der Waals surface area (Å²) in [5, 5.41) is 10.1. The van der Waals surface area contributed by atoms with E-state index in [1.54, 1.807) is 0 Å². The Labute approximate surface area is 246 Å². The van der Waals surface area contributed by atoms with Crippen LogP contribution in [-0.2, 0) is 14.0 Å². The Balaban J connectivity index is 1.40. The lowest BCUT2D eigenvalue weighted by molar-refractivity contribution is -0.145. The van der Waals surface area contributed by atoms with Crippen molar-refractivity contribution in [2.24, 2.45) is 39.9 Å². The number of unbranched alkanes of at least 4 members (excludes halogenated alkanes) is 4. The Kier molecular flexibility index (Phi) is 9.29. The van der Waals surface area contributed by atoms with Crippen LogP contribution in [0, 0.1) is 39.9 Å². The van der Waals surface area contributed by atoms with E-state index in [0.717, 1.165) is 38.7 Å². The number of hydrogen-bond donors (Lipinski definition) is 1. The average Bonchev–Trinajstić information content (AvgIpc) is 3.10. The molecule has 228 valence electrons. The number of hydrogen-bond acceptors (Lipinski definition) is 3. The molecule has 4 aliphatic rings. The molecule has 0 saturated heterocycles. The minimum Gasteiger partial charge on any atom is -0.481 e. The SMILES string of the molecule is CC(C)(C)[Si](C)(C)OCCCCCCC[C@@H]1CC2=CC(=O)CC[C@]2(C)[C@H]2CC[C@@]3(C)[C@@H](CC[C@]3(C)CC(=O)O)[C@H]12. The number of rotatable bonds is 11. The van der Waals surface area contributed by atoms with Crippen molar-refractivity contribution in [1.82, 2.24) is 0 Å². The van der Waals surface area contributed by atoms with Crippen molar-refractivity contribution in [3.8, 4) is 0 Å². The molecule has 7 atom stereocenters. The van der Waals surface area contributed by atoms with Crippen molar-refractivity contribution in [3.63, 3.8) is 0 Å². The smallest absolute Gasteiger partial charge is 0.303 e. The summed E-state index contributed by atoms with van der Waals surface area (Å²) < 4.78 is 6.38. The Hall–Kier alpha value is -0.943. The van der Waals surface area contributed by atoms with Crippen molar-refractivity contribution >= 4 is 20.1 Å². The second-order valence-electron chi connectivity index (χ2n) is 16.6. The second-order valence-corrected chi connectivity index (χ2v) is 21.4. The van der Waals surface area contributed by atoms with Crippen LogP contribution in [0.4, 0.5) is 0 Å². The molecule has 4 aliphatic carbocycles. The number of carbonyl (C=O) groups excluding carboxylic acids is 1. The summed E-state index contributed by atoms with van der Waals surface area (Å²) in [6.45, 7) is 19.7. The molecule has 0 aromatic carbocycles. The molecular formula is C35H60O4Si. The molecule has 0 heterocycles. The van der Waals surface area contributed by atoms with E-state index in [9.17, 15) is 14.7 Å². The van der Waals surface area contributed by atoms with Gasteiger partial charge < -0.3 is 9.53 Å². The molecule has 4 nitrogen and oxygen atoms in total. The monoisotopic (exact) mass is 572 g/mol. The van der Waals surface area contributed by atoms with Gasteiger partial charge in [-0.1, -0.05) is 72.8 Å². The third-order valence-electron chi connectivity index (χ3n) is 13.4. The van der Waals surface area contributed by atoms with Gasteiger partial charge in [0.1, 0.15) is 0 Å². The zero-order chi connectivity index (χ0) is 29.6. The van der Waals surface area contributed by atoms with E-state index in [1.165, 1.54) is 50.5 Å². The normalized spacial score (nSPS) is 37.9. The predicted octanol–water partition coefficient (Wildman–Crippen LogP) is 9.59. The third-order valence-corrected chi connectivity index (χ3v) is 18.0. The Morgan fingerprint density at radius 3 is 2.33 bits per heavy atom. The Bertz CT molecular complexity index is 978. The molecule has 40 heavy (non-hydrogen) atoms. The molecule has 4 rings (SSSR count). The van der Waals surface area contributed by atoms with E-state index in [2.05, 4.69) is 54.6 Å². The zero-order valence-electron chi connectivity index (χ0n) is 27.2. The van der Waals surface area contributed by atoms with Gasteiger partial charge in [-0.15, -0.1) is 0 Å². The van der Waals surface area contributed by atoms with Crippen LogP contribution in [0.15, 0.2) is 11.6 Å². The first kappa shape index (κ1) is 32.0. The van der Waals surface area contributed by atoms with Gasteiger partial charge in [0.25, 0.3) is 0 Å². The maximum absolute atomic E-state index is 12.5. The van der Waals surface area contributed by atoms with Crippen LogP contribution in [0.2, 0.25) is 18.1 Å². The molecule has 0 unspecified atom stereocenters. The summed E-state index contributed by atoms with van der Waals surface area (Å²) in [6.07, 6.45) is 17.2. The van der Waals surface area contributed by atoms with Crippen LogP contribution < -0.4 is 0 Å². The molecule has 0 aliphatic heterocycles. The largest absolute Gasteiger partial charge is 0.481 e. The third kappa shape index (κ3) is 5.94. The molecule has 0 amide bonds. The summed E-state index contributed by atoms with van der Waals surface area (Å²) in [4.78, 5) is 24.4. The van der Waals surface area contributed by atoms with Gasteiger partial charge in [-0.25, -0.2) is 0 Å². The number of carboxylic acid groups (broad SMARTS) is 1. The van der Waals surface area contributed by atoms with Crippen molar-refractivity contribution in [2.75, 3.05) is 6.61 Å². The van der Waals surface area contributed by atoms with Crippen molar-refractivity contribution in [2.45, 2.75) is 150 Å². The molecule has 0 radical (unpaired) electrons. The molecule has 0 bridgehead atoms. The van der Waals surface area contributed by atoms with Gasteiger partial charge in [0.15, 0.2) is 14.1 Å². The molecule has 0 aromatic rings. The molecular weight excluding hydrogens is 512 g/mol. The highest BCUT2D eigenvalue weighted by molar-refractivity contribution is 6.74. The summed E-state index contributed by atoms with van der Waals surface area (Å²) >= 11 is 0. The van der Waals surface area contributed by atoms with Gasteiger partial charge in [-0.05, 0) is 115 Å². The lowest BCUT2D eigenvalue weighted by Crippen LogP contribution is -2.55.